The van der Waals surface area contributed by atoms with E-state index in [2.05, 4.69) is 4.98 Å². The minimum absolute atomic E-state index is 0.00990. The Morgan fingerprint density at radius 2 is 2.21 bits per heavy atom. The van der Waals surface area contributed by atoms with Crippen LogP contribution in [0.25, 0.3) is 0 Å². The predicted octanol–water partition coefficient (Wildman–Crippen LogP) is 1.00. The minimum Gasteiger partial charge on any atom is -0.394 e. The number of aromatic nitrogens is 1. The molecule has 0 spiro atoms. The Labute approximate surface area is 113 Å². The van der Waals surface area contributed by atoms with Crippen molar-refractivity contribution in [2.24, 2.45) is 0 Å². The van der Waals surface area contributed by atoms with Gasteiger partial charge in [-0.15, -0.1) is 0 Å². The summed E-state index contributed by atoms with van der Waals surface area (Å²) in [4.78, 5) is 18.3. The molecule has 5 heteroatoms. The number of carbonyl (C=O) groups is 1. The van der Waals surface area contributed by atoms with Crippen molar-refractivity contribution in [3.63, 3.8) is 0 Å². The van der Waals surface area contributed by atoms with Gasteiger partial charge in [0, 0.05) is 18.8 Å². The van der Waals surface area contributed by atoms with E-state index in [1.807, 2.05) is 24.0 Å². The van der Waals surface area contributed by atoms with Crippen LogP contribution >= 0.6 is 0 Å². The summed E-state index contributed by atoms with van der Waals surface area (Å²) >= 11 is 0. The van der Waals surface area contributed by atoms with Crippen molar-refractivity contribution in [1.29, 1.82) is 0 Å². The number of hydrogen-bond acceptors (Lipinski definition) is 4. The van der Waals surface area contributed by atoms with Gasteiger partial charge in [-0.3, -0.25) is 4.79 Å². The Morgan fingerprint density at radius 3 is 2.84 bits per heavy atom. The molecule has 1 aromatic rings. The van der Waals surface area contributed by atoms with Crippen LogP contribution in [0.5, 0.6) is 0 Å². The third-order valence-electron chi connectivity index (χ3n) is 3.28. The van der Waals surface area contributed by atoms with Crippen LogP contribution in [0.3, 0.4) is 0 Å². The van der Waals surface area contributed by atoms with Gasteiger partial charge < -0.3 is 14.7 Å². The van der Waals surface area contributed by atoms with Gasteiger partial charge in [-0.1, -0.05) is 6.07 Å². The SMILES string of the molecule is Cc1cccc(C(=O)N2CCC(OCCO)CC2)n1. The van der Waals surface area contributed by atoms with Crippen LogP contribution in [-0.4, -0.2) is 53.3 Å². The fourth-order valence-corrected chi connectivity index (χ4v) is 2.27. The molecule has 104 valence electrons. The van der Waals surface area contributed by atoms with E-state index < -0.39 is 0 Å². The standard InChI is InChI=1S/C14H20N2O3/c1-11-3-2-4-13(15-11)14(18)16-7-5-12(6-8-16)19-10-9-17/h2-4,12,17H,5-10H2,1H3. The van der Waals surface area contributed by atoms with Gasteiger partial charge in [0.25, 0.3) is 5.91 Å². The zero-order valence-electron chi connectivity index (χ0n) is 11.2. The fraction of sp³-hybridized carbons (Fsp3) is 0.571. The van der Waals surface area contributed by atoms with E-state index in [1.54, 1.807) is 6.07 Å². The van der Waals surface area contributed by atoms with Crippen molar-refractivity contribution in [1.82, 2.24) is 9.88 Å². The normalized spacial score (nSPS) is 16.6. The van der Waals surface area contributed by atoms with Crippen molar-refractivity contribution in [3.05, 3.63) is 29.6 Å². The molecule has 2 rings (SSSR count). The molecule has 1 aliphatic heterocycles. The summed E-state index contributed by atoms with van der Waals surface area (Å²) < 4.78 is 5.48. The molecule has 1 saturated heterocycles. The number of ether oxygens (including phenoxy) is 1. The Bertz CT molecular complexity index is 428. The Balaban J connectivity index is 1.89. The van der Waals surface area contributed by atoms with Gasteiger partial charge in [-0.25, -0.2) is 4.98 Å². The number of aliphatic hydroxyl groups is 1. The summed E-state index contributed by atoms with van der Waals surface area (Å²) in [6.07, 6.45) is 1.79. The van der Waals surface area contributed by atoms with Crippen LogP contribution in [-0.2, 0) is 4.74 Å². The molecule has 0 atom stereocenters. The first-order valence-electron chi connectivity index (χ1n) is 6.66. The van der Waals surface area contributed by atoms with Crippen molar-refractivity contribution in [2.45, 2.75) is 25.9 Å². The second-order valence-corrected chi connectivity index (χ2v) is 4.75. The lowest BCUT2D eigenvalue weighted by molar-refractivity contribution is -0.00565. The van der Waals surface area contributed by atoms with E-state index in [1.165, 1.54) is 0 Å². The summed E-state index contributed by atoms with van der Waals surface area (Å²) in [6, 6.07) is 5.49. The molecule has 0 radical (unpaired) electrons. The fourth-order valence-electron chi connectivity index (χ4n) is 2.27. The number of likely N-dealkylation sites (tertiary alicyclic amines) is 1. The van der Waals surface area contributed by atoms with Crippen molar-refractivity contribution < 1.29 is 14.6 Å². The molecule has 1 N–H and O–H groups in total. The van der Waals surface area contributed by atoms with Crippen LogP contribution in [0.1, 0.15) is 29.0 Å². The van der Waals surface area contributed by atoms with Gasteiger partial charge in [-0.2, -0.15) is 0 Å². The third-order valence-corrected chi connectivity index (χ3v) is 3.28. The number of aryl methyl sites for hydroxylation is 1. The second kappa shape index (κ2) is 6.63. The molecule has 2 heterocycles. The van der Waals surface area contributed by atoms with Crippen LogP contribution in [0.15, 0.2) is 18.2 Å². The number of aliphatic hydroxyl groups excluding tert-OH is 1. The molecule has 0 aromatic carbocycles. The number of hydrogen-bond donors (Lipinski definition) is 1. The largest absolute Gasteiger partial charge is 0.394 e. The zero-order chi connectivity index (χ0) is 13.7. The monoisotopic (exact) mass is 264 g/mol. The van der Waals surface area contributed by atoms with E-state index in [9.17, 15) is 4.79 Å². The van der Waals surface area contributed by atoms with Gasteiger partial charge >= 0.3 is 0 Å². The molecular weight excluding hydrogens is 244 g/mol. The highest BCUT2D eigenvalue weighted by Crippen LogP contribution is 2.15. The number of pyridine rings is 1. The highest BCUT2D eigenvalue weighted by molar-refractivity contribution is 5.92. The lowest BCUT2D eigenvalue weighted by Crippen LogP contribution is -2.41. The Kier molecular flexibility index (Phi) is 4.87. The number of piperidine rings is 1. The maximum absolute atomic E-state index is 12.3. The predicted molar refractivity (Wildman–Crippen MR) is 70.9 cm³/mol. The zero-order valence-corrected chi connectivity index (χ0v) is 11.2. The van der Waals surface area contributed by atoms with Crippen LogP contribution in [0.2, 0.25) is 0 Å². The number of carbonyl (C=O) groups excluding carboxylic acids is 1. The smallest absolute Gasteiger partial charge is 0.272 e. The van der Waals surface area contributed by atoms with E-state index in [0.717, 1.165) is 18.5 Å². The van der Waals surface area contributed by atoms with Crippen molar-refractivity contribution in [2.75, 3.05) is 26.3 Å². The molecular formula is C14H20N2O3. The number of nitrogens with zero attached hydrogens (tertiary/aromatic N) is 2. The lowest BCUT2D eigenvalue weighted by Gasteiger charge is -2.31. The van der Waals surface area contributed by atoms with Gasteiger partial charge in [0.05, 0.1) is 19.3 Å². The Hall–Kier alpha value is -1.46. The summed E-state index contributed by atoms with van der Waals surface area (Å²) in [5.41, 5.74) is 1.36. The van der Waals surface area contributed by atoms with Crippen LogP contribution in [0.4, 0.5) is 0 Å². The van der Waals surface area contributed by atoms with E-state index >= 15 is 0 Å². The molecule has 1 aliphatic rings. The van der Waals surface area contributed by atoms with Crippen LogP contribution in [0, 0.1) is 6.92 Å². The molecule has 0 bridgehead atoms. The second-order valence-electron chi connectivity index (χ2n) is 4.75. The highest BCUT2D eigenvalue weighted by atomic mass is 16.5. The first-order chi connectivity index (χ1) is 9.20. The molecule has 0 aliphatic carbocycles. The van der Waals surface area contributed by atoms with E-state index in [0.29, 0.717) is 25.4 Å². The summed E-state index contributed by atoms with van der Waals surface area (Å²) in [6.45, 7) is 3.67. The summed E-state index contributed by atoms with van der Waals surface area (Å²) in [7, 11) is 0. The number of amides is 1. The van der Waals surface area contributed by atoms with Gasteiger partial charge in [0.1, 0.15) is 5.69 Å². The molecule has 1 fully saturated rings. The molecule has 1 amide bonds. The lowest BCUT2D eigenvalue weighted by atomic mass is 10.1. The first-order valence-corrected chi connectivity index (χ1v) is 6.66. The van der Waals surface area contributed by atoms with Crippen molar-refractivity contribution >= 4 is 5.91 Å². The van der Waals surface area contributed by atoms with E-state index in [4.69, 9.17) is 9.84 Å². The topological polar surface area (TPSA) is 62.7 Å². The maximum Gasteiger partial charge on any atom is 0.272 e. The maximum atomic E-state index is 12.3. The van der Waals surface area contributed by atoms with Gasteiger partial charge in [0.15, 0.2) is 0 Å². The molecule has 0 unspecified atom stereocenters. The summed E-state index contributed by atoms with van der Waals surface area (Å²) in [5, 5.41) is 8.71. The number of rotatable bonds is 4. The highest BCUT2D eigenvalue weighted by Gasteiger charge is 2.24. The molecule has 5 nitrogen and oxygen atoms in total. The quantitative estimate of drug-likeness (QED) is 0.881. The van der Waals surface area contributed by atoms with Gasteiger partial charge in [0.2, 0.25) is 0 Å². The average Bonchev–Trinajstić information content (AvgIpc) is 2.45. The van der Waals surface area contributed by atoms with Crippen molar-refractivity contribution in [3.8, 4) is 0 Å². The summed E-state index contributed by atoms with van der Waals surface area (Å²) in [5.74, 6) is -0.00990. The molecule has 0 saturated carbocycles. The molecule has 19 heavy (non-hydrogen) atoms. The molecule has 1 aromatic heterocycles. The third kappa shape index (κ3) is 3.75. The Morgan fingerprint density at radius 1 is 1.47 bits per heavy atom. The van der Waals surface area contributed by atoms with E-state index in [-0.39, 0.29) is 18.6 Å². The van der Waals surface area contributed by atoms with Gasteiger partial charge in [-0.05, 0) is 31.9 Å². The average molecular weight is 264 g/mol. The van der Waals surface area contributed by atoms with Crippen LogP contribution < -0.4 is 0 Å². The minimum atomic E-state index is -0.00990. The first kappa shape index (κ1) is 14.0.